The fourth-order valence-corrected chi connectivity index (χ4v) is 3.27. The van der Waals surface area contributed by atoms with E-state index < -0.39 is 0 Å². The van der Waals surface area contributed by atoms with Crippen LogP contribution in [0.5, 0.6) is 0 Å². The molecule has 98 valence electrons. The summed E-state index contributed by atoms with van der Waals surface area (Å²) in [7, 11) is 0. The smallest absolute Gasteiger partial charge is 0.0234 e. The van der Waals surface area contributed by atoms with Crippen molar-refractivity contribution in [3.8, 4) is 0 Å². The van der Waals surface area contributed by atoms with Gasteiger partial charge in [-0.3, -0.25) is 4.90 Å². The number of nitrogens with one attached hydrogen (secondary N) is 1. The molecule has 0 saturated carbocycles. The Kier molecular flexibility index (Phi) is 3.40. The summed E-state index contributed by atoms with van der Waals surface area (Å²) < 4.78 is 0. The van der Waals surface area contributed by atoms with Gasteiger partial charge in [0.25, 0.3) is 0 Å². The van der Waals surface area contributed by atoms with Gasteiger partial charge in [-0.05, 0) is 41.5 Å². The van der Waals surface area contributed by atoms with Gasteiger partial charge < -0.3 is 5.32 Å². The predicted molar refractivity (Wildman–Crippen MR) is 75.5 cm³/mol. The standard InChI is InChI=1S/C16H24N2/c1-12-9-18(10-13(12)2)11-14-3-4-15-5-6-17-8-16(15)7-14/h3-4,7,12-13,17H,5-6,8-11H2,1-2H3. The highest BCUT2D eigenvalue weighted by Crippen LogP contribution is 2.24. The second kappa shape index (κ2) is 5.02. The Hall–Kier alpha value is -0.860. The molecule has 2 heteroatoms. The molecule has 0 amide bonds. The third-order valence-electron chi connectivity index (χ3n) is 4.63. The first-order valence-electron chi connectivity index (χ1n) is 7.26. The molecule has 1 aromatic carbocycles. The van der Waals surface area contributed by atoms with E-state index in [2.05, 4.69) is 42.3 Å². The number of hydrogen-bond donors (Lipinski definition) is 1. The lowest BCUT2D eigenvalue weighted by Gasteiger charge is -2.20. The molecule has 0 aromatic heterocycles. The van der Waals surface area contributed by atoms with E-state index in [1.165, 1.54) is 30.6 Å². The number of benzene rings is 1. The molecule has 2 atom stereocenters. The van der Waals surface area contributed by atoms with Gasteiger partial charge in [0, 0.05) is 26.2 Å². The molecule has 2 aliphatic heterocycles. The average molecular weight is 244 g/mol. The average Bonchev–Trinajstić information content (AvgIpc) is 2.68. The van der Waals surface area contributed by atoms with Crippen LogP contribution in [-0.4, -0.2) is 24.5 Å². The highest BCUT2D eigenvalue weighted by molar-refractivity contribution is 5.33. The SMILES string of the molecule is CC1CN(Cc2ccc3c(c2)CNCC3)CC1C. The molecule has 2 unspecified atom stereocenters. The maximum absolute atomic E-state index is 3.46. The Bertz CT molecular complexity index is 417. The van der Waals surface area contributed by atoms with Crippen molar-refractivity contribution in [2.75, 3.05) is 19.6 Å². The zero-order valence-electron chi connectivity index (χ0n) is 11.6. The molecule has 0 bridgehead atoms. The predicted octanol–water partition coefficient (Wildman–Crippen LogP) is 2.42. The highest BCUT2D eigenvalue weighted by Gasteiger charge is 2.25. The minimum Gasteiger partial charge on any atom is -0.312 e. The quantitative estimate of drug-likeness (QED) is 0.859. The lowest BCUT2D eigenvalue weighted by Crippen LogP contribution is -2.24. The number of fused-ring (bicyclic) bond motifs is 1. The molecule has 3 rings (SSSR count). The normalized spacial score (nSPS) is 28.3. The van der Waals surface area contributed by atoms with E-state index in [0.717, 1.165) is 31.5 Å². The summed E-state index contributed by atoms with van der Waals surface area (Å²) in [5, 5.41) is 3.46. The molecule has 0 spiro atoms. The fourth-order valence-electron chi connectivity index (χ4n) is 3.27. The second-order valence-corrected chi connectivity index (χ2v) is 6.18. The van der Waals surface area contributed by atoms with E-state index in [1.54, 1.807) is 5.56 Å². The largest absolute Gasteiger partial charge is 0.312 e. The van der Waals surface area contributed by atoms with Crippen LogP contribution in [0.15, 0.2) is 18.2 Å². The first-order chi connectivity index (χ1) is 8.72. The van der Waals surface area contributed by atoms with Crippen LogP contribution in [0, 0.1) is 11.8 Å². The van der Waals surface area contributed by atoms with Gasteiger partial charge in [0.1, 0.15) is 0 Å². The first kappa shape index (κ1) is 12.2. The molecule has 2 aliphatic rings. The maximum atomic E-state index is 3.46. The Morgan fingerprint density at radius 1 is 1.17 bits per heavy atom. The van der Waals surface area contributed by atoms with Crippen LogP contribution in [0.3, 0.4) is 0 Å². The topological polar surface area (TPSA) is 15.3 Å². The lowest BCUT2D eigenvalue weighted by atomic mass is 9.98. The Morgan fingerprint density at radius 2 is 1.94 bits per heavy atom. The van der Waals surface area contributed by atoms with Crippen LogP contribution in [0.4, 0.5) is 0 Å². The van der Waals surface area contributed by atoms with Crippen LogP contribution in [0.2, 0.25) is 0 Å². The molecule has 0 aliphatic carbocycles. The van der Waals surface area contributed by atoms with Crippen molar-refractivity contribution in [2.24, 2.45) is 11.8 Å². The second-order valence-electron chi connectivity index (χ2n) is 6.18. The number of nitrogens with zero attached hydrogens (tertiary/aromatic N) is 1. The maximum Gasteiger partial charge on any atom is 0.0234 e. The van der Waals surface area contributed by atoms with Gasteiger partial charge in [-0.2, -0.15) is 0 Å². The summed E-state index contributed by atoms with van der Waals surface area (Å²) >= 11 is 0. The molecule has 18 heavy (non-hydrogen) atoms. The Balaban J connectivity index is 1.70. The molecule has 1 aromatic rings. The van der Waals surface area contributed by atoms with E-state index in [4.69, 9.17) is 0 Å². The van der Waals surface area contributed by atoms with Crippen molar-refractivity contribution in [1.29, 1.82) is 0 Å². The Labute approximate surface area is 110 Å². The van der Waals surface area contributed by atoms with E-state index in [-0.39, 0.29) is 0 Å². The third kappa shape index (κ3) is 2.45. The number of likely N-dealkylation sites (tertiary alicyclic amines) is 1. The Morgan fingerprint density at radius 3 is 2.72 bits per heavy atom. The molecular weight excluding hydrogens is 220 g/mol. The van der Waals surface area contributed by atoms with E-state index >= 15 is 0 Å². The van der Waals surface area contributed by atoms with Crippen LogP contribution >= 0.6 is 0 Å². The summed E-state index contributed by atoms with van der Waals surface area (Å²) in [6.45, 7) is 10.6. The molecule has 2 heterocycles. The molecule has 1 saturated heterocycles. The lowest BCUT2D eigenvalue weighted by molar-refractivity contribution is 0.316. The molecule has 2 nitrogen and oxygen atoms in total. The minimum atomic E-state index is 0.851. The van der Waals surface area contributed by atoms with Gasteiger partial charge in [0.15, 0.2) is 0 Å². The summed E-state index contributed by atoms with van der Waals surface area (Å²) in [5.74, 6) is 1.70. The summed E-state index contributed by atoms with van der Waals surface area (Å²) in [6, 6.07) is 7.08. The summed E-state index contributed by atoms with van der Waals surface area (Å²) in [4.78, 5) is 2.60. The zero-order valence-corrected chi connectivity index (χ0v) is 11.6. The van der Waals surface area contributed by atoms with Crippen molar-refractivity contribution in [3.63, 3.8) is 0 Å². The van der Waals surface area contributed by atoms with Crippen LogP contribution in [0.1, 0.15) is 30.5 Å². The van der Waals surface area contributed by atoms with Crippen molar-refractivity contribution in [1.82, 2.24) is 10.2 Å². The van der Waals surface area contributed by atoms with Gasteiger partial charge in [0.2, 0.25) is 0 Å². The minimum absolute atomic E-state index is 0.851. The highest BCUT2D eigenvalue weighted by atomic mass is 15.1. The van der Waals surface area contributed by atoms with Gasteiger partial charge >= 0.3 is 0 Å². The van der Waals surface area contributed by atoms with Crippen molar-refractivity contribution >= 4 is 0 Å². The van der Waals surface area contributed by atoms with Crippen molar-refractivity contribution < 1.29 is 0 Å². The summed E-state index contributed by atoms with van der Waals surface area (Å²) in [5.41, 5.74) is 4.54. The van der Waals surface area contributed by atoms with Gasteiger partial charge in [-0.25, -0.2) is 0 Å². The molecule has 1 fully saturated rings. The first-order valence-corrected chi connectivity index (χ1v) is 7.26. The fraction of sp³-hybridized carbons (Fsp3) is 0.625. The van der Waals surface area contributed by atoms with E-state index in [0.29, 0.717) is 0 Å². The van der Waals surface area contributed by atoms with Gasteiger partial charge in [-0.1, -0.05) is 32.0 Å². The summed E-state index contributed by atoms with van der Waals surface area (Å²) in [6.07, 6.45) is 1.19. The molecular formula is C16H24N2. The van der Waals surface area contributed by atoms with Crippen LogP contribution < -0.4 is 5.32 Å². The monoisotopic (exact) mass is 244 g/mol. The number of rotatable bonds is 2. The number of hydrogen-bond acceptors (Lipinski definition) is 2. The molecule has 1 N–H and O–H groups in total. The van der Waals surface area contributed by atoms with E-state index in [9.17, 15) is 0 Å². The van der Waals surface area contributed by atoms with Gasteiger partial charge in [0.05, 0.1) is 0 Å². The van der Waals surface area contributed by atoms with Crippen LogP contribution in [0.25, 0.3) is 0 Å². The zero-order chi connectivity index (χ0) is 12.5. The molecule has 0 radical (unpaired) electrons. The van der Waals surface area contributed by atoms with Crippen molar-refractivity contribution in [2.45, 2.75) is 33.4 Å². The van der Waals surface area contributed by atoms with Gasteiger partial charge in [-0.15, -0.1) is 0 Å². The van der Waals surface area contributed by atoms with E-state index in [1.807, 2.05) is 0 Å². The van der Waals surface area contributed by atoms with Crippen LogP contribution in [-0.2, 0) is 19.5 Å². The third-order valence-corrected chi connectivity index (χ3v) is 4.63. The van der Waals surface area contributed by atoms with Crippen molar-refractivity contribution in [3.05, 3.63) is 34.9 Å².